The van der Waals surface area contributed by atoms with Crippen molar-refractivity contribution >= 4 is 21.6 Å². The Morgan fingerprint density at radius 1 is 1.16 bits per heavy atom. The monoisotopic (exact) mass is 360 g/mol. The summed E-state index contributed by atoms with van der Waals surface area (Å²) in [4.78, 5) is 13.9. The Balaban J connectivity index is 1.66. The predicted molar refractivity (Wildman–Crippen MR) is 98.3 cm³/mol. The maximum atomic E-state index is 11.5. The second-order valence-corrected chi connectivity index (χ2v) is 7.07. The van der Waals surface area contributed by atoms with Gasteiger partial charge in [0.2, 0.25) is 0 Å². The molecule has 0 amide bonds. The van der Waals surface area contributed by atoms with Crippen LogP contribution in [0.4, 0.5) is 0 Å². The lowest BCUT2D eigenvalue weighted by Crippen LogP contribution is -2.32. The smallest absolute Gasteiger partial charge is 0.305 e. The third-order valence-corrected chi connectivity index (χ3v) is 5.02. The first-order chi connectivity index (χ1) is 11.9. The highest BCUT2D eigenvalue weighted by atomic mass is 32.1. The molecule has 0 fully saturated rings. The summed E-state index contributed by atoms with van der Waals surface area (Å²) in [5.74, 6) is 0.236. The first kappa shape index (κ1) is 17.5. The second-order valence-electron chi connectivity index (χ2n) is 6.09. The van der Waals surface area contributed by atoms with Crippen LogP contribution < -0.4 is 10.2 Å². The largest absolute Gasteiger partial charge is 0.508 e. The molecule has 2 atom stereocenters. The van der Waals surface area contributed by atoms with Crippen LogP contribution in [0, 0.1) is 0 Å². The fourth-order valence-electron chi connectivity index (χ4n) is 2.78. The molecule has 3 aromatic rings. The zero-order chi connectivity index (χ0) is 18.0. The normalized spacial score (nSPS) is 13.8. The van der Waals surface area contributed by atoms with E-state index in [9.17, 15) is 20.1 Å². The molecule has 0 aliphatic heterocycles. The molecule has 0 spiro atoms. The number of aliphatic hydroxyl groups is 1. The highest BCUT2D eigenvalue weighted by Gasteiger charge is 2.17. The van der Waals surface area contributed by atoms with Crippen LogP contribution in [0.1, 0.15) is 24.2 Å². The van der Waals surface area contributed by atoms with Gasteiger partial charge in [0.1, 0.15) is 17.0 Å². The van der Waals surface area contributed by atoms with E-state index >= 15 is 0 Å². The molecular weight excluding hydrogens is 340 g/mol. The molecule has 25 heavy (non-hydrogen) atoms. The van der Waals surface area contributed by atoms with Crippen molar-refractivity contribution in [2.24, 2.45) is 0 Å². The molecule has 0 saturated carbocycles. The highest BCUT2D eigenvalue weighted by molar-refractivity contribution is 7.16. The van der Waals surface area contributed by atoms with Crippen LogP contribution in [0.5, 0.6) is 11.5 Å². The molecule has 1 aromatic heterocycles. The minimum Gasteiger partial charge on any atom is -0.508 e. The van der Waals surface area contributed by atoms with Gasteiger partial charge >= 0.3 is 4.87 Å². The Bertz CT molecular complexity index is 917. The summed E-state index contributed by atoms with van der Waals surface area (Å²) in [6, 6.07) is 10.3. The van der Waals surface area contributed by atoms with Crippen LogP contribution in [0.25, 0.3) is 10.2 Å². The number of fused-ring (bicyclic) bond motifs is 1. The molecule has 6 nitrogen and oxygen atoms in total. The molecule has 0 radical (unpaired) electrons. The van der Waals surface area contributed by atoms with E-state index in [4.69, 9.17) is 0 Å². The van der Waals surface area contributed by atoms with Crippen molar-refractivity contribution < 1.29 is 15.3 Å². The molecule has 0 bridgehead atoms. The van der Waals surface area contributed by atoms with Crippen LogP contribution in [0.3, 0.4) is 0 Å². The lowest BCUT2D eigenvalue weighted by Gasteiger charge is -2.18. The van der Waals surface area contributed by atoms with Gasteiger partial charge < -0.3 is 25.6 Å². The number of nitrogens with one attached hydrogen (secondary N) is 2. The lowest BCUT2D eigenvalue weighted by atomic mass is 10.1. The number of phenolic OH excluding ortho intramolecular Hbond substituents is 2. The number of hydrogen-bond acceptors (Lipinski definition) is 6. The van der Waals surface area contributed by atoms with Crippen molar-refractivity contribution in [2.45, 2.75) is 25.5 Å². The van der Waals surface area contributed by atoms with E-state index in [0.29, 0.717) is 22.3 Å². The third-order valence-electron chi connectivity index (χ3n) is 4.08. The first-order valence-corrected chi connectivity index (χ1v) is 8.79. The minimum absolute atomic E-state index is 0.00189. The number of aromatic nitrogens is 1. The molecule has 0 saturated heterocycles. The number of aromatic hydroxyl groups is 2. The van der Waals surface area contributed by atoms with Gasteiger partial charge in [0.05, 0.1) is 10.8 Å². The Morgan fingerprint density at radius 2 is 1.88 bits per heavy atom. The number of aromatic amines is 1. The van der Waals surface area contributed by atoms with Crippen molar-refractivity contribution in [3.63, 3.8) is 0 Å². The average molecular weight is 360 g/mol. The molecule has 2 unspecified atom stereocenters. The summed E-state index contributed by atoms with van der Waals surface area (Å²) in [5, 5.41) is 32.9. The summed E-state index contributed by atoms with van der Waals surface area (Å²) < 4.78 is 0.575. The first-order valence-electron chi connectivity index (χ1n) is 7.98. The van der Waals surface area contributed by atoms with Crippen LogP contribution >= 0.6 is 11.3 Å². The van der Waals surface area contributed by atoms with E-state index in [0.717, 1.165) is 23.3 Å². The van der Waals surface area contributed by atoms with E-state index in [1.807, 2.05) is 19.1 Å². The maximum absolute atomic E-state index is 11.5. The van der Waals surface area contributed by atoms with Gasteiger partial charge in [-0.1, -0.05) is 29.5 Å². The van der Waals surface area contributed by atoms with Crippen LogP contribution in [0.15, 0.2) is 41.2 Å². The zero-order valence-corrected chi connectivity index (χ0v) is 14.5. The quantitative estimate of drug-likeness (QED) is 0.464. The minimum atomic E-state index is -0.795. The van der Waals surface area contributed by atoms with Gasteiger partial charge in [0, 0.05) is 18.2 Å². The van der Waals surface area contributed by atoms with Crippen molar-refractivity contribution in [3.05, 3.63) is 57.2 Å². The molecule has 3 rings (SSSR count). The van der Waals surface area contributed by atoms with Gasteiger partial charge in [-0.25, -0.2) is 0 Å². The van der Waals surface area contributed by atoms with E-state index in [1.165, 1.54) is 6.07 Å². The summed E-state index contributed by atoms with van der Waals surface area (Å²) in [6.07, 6.45) is -0.0352. The predicted octanol–water partition coefficient (Wildman–Crippen LogP) is 2.26. The Morgan fingerprint density at radius 3 is 2.60 bits per heavy atom. The number of aliphatic hydroxyl groups excluding tert-OH is 1. The van der Waals surface area contributed by atoms with Crippen molar-refractivity contribution in [1.82, 2.24) is 10.3 Å². The van der Waals surface area contributed by atoms with Gasteiger partial charge in [-0.2, -0.15) is 0 Å². The van der Waals surface area contributed by atoms with Crippen molar-refractivity contribution in [1.29, 1.82) is 0 Å². The molecule has 132 valence electrons. The van der Waals surface area contributed by atoms with E-state index < -0.39 is 6.10 Å². The summed E-state index contributed by atoms with van der Waals surface area (Å²) >= 11 is 0.977. The molecular formula is C18H20N2O4S. The van der Waals surface area contributed by atoms with Gasteiger partial charge in [0.15, 0.2) is 0 Å². The van der Waals surface area contributed by atoms with Crippen LogP contribution in [0.2, 0.25) is 0 Å². The van der Waals surface area contributed by atoms with E-state index in [2.05, 4.69) is 10.3 Å². The second kappa shape index (κ2) is 7.26. The van der Waals surface area contributed by atoms with E-state index in [1.54, 1.807) is 18.2 Å². The fraction of sp³-hybridized carbons (Fsp3) is 0.278. The van der Waals surface area contributed by atoms with Gasteiger partial charge in [0.25, 0.3) is 0 Å². The summed E-state index contributed by atoms with van der Waals surface area (Å²) in [6.45, 7) is 2.34. The number of thiazole rings is 1. The molecule has 0 aliphatic rings. The van der Waals surface area contributed by atoms with Crippen molar-refractivity contribution in [3.8, 4) is 11.5 Å². The molecule has 0 aliphatic carbocycles. The standard InChI is InChI=1S/C18H20N2O4S/c1-10(8-11-2-4-12(21)5-3-11)19-9-15(23)13-6-7-14(22)16-17(13)25-18(24)20-16/h2-7,10,15,19,21-23H,8-9H2,1H3,(H,20,24). The third kappa shape index (κ3) is 4.01. The fourth-order valence-corrected chi connectivity index (χ4v) is 3.70. The number of rotatable bonds is 6. The van der Waals surface area contributed by atoms with Crippen LogP contribution in [-0.2, 0) is 6.42 Å². The number of phenols is 2. The topological polar surface area (TPSA) is 106 Å². The maximum Gasteiger partial charge on any atom is 0.305 e. The molecule has 2 aromatic carbocycles. The average Bonchev–Trinajstić information content (AvgIpc) is 2.97. The molecule has 5 N–H and O–H groups in total. The van der Waals surface area contributed by atoms with Gasteiger partial charge in [-0.3, -0.25) is 4.79 Å². The highest BCUT2D eigenvalue weighted by Crippen LogP contribution is 2.31. The number of H-pyrrole nitrogens is 1. The summed E-state index contributed by atoms with van der Waals surface area (Å²) in [7, 11) is 0. The number of benzene rings is 2. The number of hydrogen-bond donors (Lipinski definition) is 5. The molecule has 7 heteroatoms. The SMILES string of the molecule is CC(Cc1ccc(O)cc1)NCC(O)c1ccc(O)c2[nH]c(=O)sc12. The van der Waals surface area contributed by atoms with Crippen LogP contribution in [-0.4, -0.2) is 32.9 Å². The van der Waals surface area contributed by atoms with E-state index in [-0.39, 0.29) is 22.4 Å². The Hall–Kier alpha value is -2.35. The van der Waals surface area contributed by atoms with Gasteiger partial charge in [-0.15, -0.1) is 0 Å². The van der Waals surface area contributed by atoms with Crippen molar-refractivity contribution in [2.75, 3.05) is 6.54 Å². The zero-order valence-electron chi connectivity index (χ0n) is 13.7. The lowest BCUT2D eigenvalue weighted by molar-refractivity contribution is 0.172. The van der Waals surface area contributed by atoms with Gasteiger partial charge in [-0.05, 0) is 37.1 Å². The summed E-state index contributed by atoms with van der Waals surface area (Å²) in [5.41, 5.74) is 2.06. The Kier molecular flexibility index (Phi) is 5.08. The molecule has 1 heterocycles. The Labute approximate surface area is 148 Å².